The number of rotatable bonds is 7. The topological polar surface area (TPSA) is 95.3 Å². The van der Waals surface area contributed by atoms with Crippen molar-refractivity contribution in [2.45, 2.75) is 57.2 Å². The van der Waals surface area contributed by atoms with Crippen molar-refractivity contribution in [2.75, 3.05) is 25.1 Å². The van der Waals surface area contributed by atoms with Gasteiger partial charge in [0.2, 0.25) is 0 Å². The largest absolute Gasteiger partial charge is 0.381 e. The Hall–Kier alpha value is -1.54. The Kier molecular flexibility index (Phi) is 7.93. The fourth-order valence-corrected chi connectivity index (χ4v) is 4.89. The summed E-state index contributed by atoms with van der Waals surface area (Å²) >= 11 is 12.9. The maximum absolute atomic E-state index is 7.46. The second-order valence-corrected chi connectivity index (χ2v) is 9.37. The number of hydrogen-bond acceptors (Lipinski definition) is 7. The minimum Gasteiger partial charge on any atom is -0.381 e. The Balaban J connectivity index is 1.40. The van der Waals surface area contributed by atoms with Gasteiger partial charge >= 0.3 is 0 Å². The van der Waals surface area contributed by atoms with E-state index in [2.05, 4.69) is 20.6 Å². The summed E-state index contributed by atoms with van der Waals surface area (Å²) in [6.07, 6.45) is 11.9. The van der Waals surface area contributed by atoms with Crippen molar-refractivity contribution in [1.82, 2.24) is 15.3 Å². The average Bonchev–Trinajstić information content (AvgIpc) is 2.81. The highest BCUT2D eigenvalue weighted by Gasteiger charge is 2.26. The van der Waals surface area contributed by atoms with E-state index in [1.165, 1.54) is 0 Å². The van der Waals surface area contributed by atoms with E-state index in [9.17, 15) is 0 Å². The molecule has 7 nitrogen and oxygen atoms in total. The van der Waals surface area contributed by atoms with E-state index in [4.69, 9.17) is 38.3 Å². The Morgan fingerprint density at radius 3 is 2.65 bits per heavy atom. The molecule has 3 heterocycles. The lowest BCUT2D eigenvalue weighted by atomic mass is 9.86. The van der Waals surface area contributed by atoms with Crippen LogP contribution in [0.3, 0.4) is 0 Å². The smallest absolute Gasteiger partial charge is 0.155 e. The van der Waals surface area contributed by atoms with Crippen LogP contribution in [0.25, 0.3) is 5.57 Å². The van der Waals surface area contributed by atoms with Gasteiger partial charge in [-0.1, -0.05) is 23.2 Å². The molecule has 9 heteroatoms. The highest BCUT2D eigenvalue weighted by atomic mass is 35.5. The highest BCUT2D eigenvalue weighted by molar-refractivity contribution is 6.43. The third kappa shape index (κ3) is 6.04. The van der Waals surface area contributed by atoms with E-state index < -0.39 is 0 Å². The van der Waals surface area contributed by atoms with Crippen LogP contribution in [0.15, 0.2) is 16.2 Å². The van der Waals surface area contributed by atoms with Crippen LogP contribution in [0, 0.1) is 17.2 Å². The molecule has 1 aromatic rings. The lowest BCUT2D eigenvalue weighted by molar-refractivity contribution is 0.0699. The first-order chi connectivity index (χ1) is 15.1. The maximum Gasteiger partial charge on any atom is 0.155 e. The lowest BCUT2D eigenvalue weighted by Crippen LogP contribution is -2.40. The van der Waals surface area contributed by atoms with E-state index in [1.54, 1.807) is 18.6 Å². The zero-order valence-electron chi connectivity index (χ0n) is 17.6. The molecule has 0 radical (unpaired) electrons. The van der Waals surface area contributed by atoms with Gasteiger partial charge in [-0.25, -0.2) is 9.97 Å². The number of nitrogens with zero attached hydrogens (tertiary/aromatic N) is 3. The van der Waals surface area contributed by atoms with Gasteiger partial charge in [-0.15, -0.1) is 0 Å². The van der Waals surface area contributed by atoms with Crippen molar-refractivity contribution in [3.63, 3.8) is 0 Å². The van der Waals surface area contributed by atoms with Gasteiger partial charge in [0.1, 0.15) is 17.7 Å². The standard InChI is InChI=1S/C22H30Cl2N6O/c23-18-12-27-19(29-16-3-1-14(10-25)2-4-16)9-17(18)21-22(24)28-13-20(30-21)26-11-15-5-7-31-8-6-15/h10,12-16,19,25,29H,1-9,11H2,(H,26,30). The molecule has 1 saturated heterocycles. The summed E-state index contributed by atoms with van der Waals surface area (Å²) in [4.78, 5) is 13.7. The number of dihydropyridines is 1. The van der Waals surface area contributed by atoms with Gasteiger partial charge < -0.3 is 15.5 Å². The third-order valence-corrected chi connectivity index (χ3v) is 7.02. The van der Waals surface area contributed by atoms with Gasteiger partial charge in [0.25, 0.3) is 0 Å². The van der Waals surface area contributed by atoms with Gasteiger partial charge in [0.05, 0.1) is 11.2 Å². The van der Waals surface area contributed by atoms with Gasteiger partial charge in [0, 0.05) is 44.0 Å². The number of allylic oxidation sites excluding steroid dienone is 1. The van der Waals surface area contributed by atoms with Gasteiger partial charge in [-0.2, -0.15) is 0 Å². The molecular formula is C22H30Cl2N6O. The van der Waals surface area contributed by atoms with E-state index >= 15 is 0 Å². The Bertz CT molecular complexity index is 831. The number of halogens is 2. The van der Waals surface area contributed by atoms with Crippen molar-refractivity contribution in [2.24, 2.45) is 16.8 Å². The quantitative estimate of drug-likeness (QED) is 0.515. The first-order valence-corrected chi connectivity index (χ1v) is 11.9. The highest BCUT2D eigenvalue weighted by Crippen LogP contribution is 2.33. The van der Waals surface area contributed by atoms with Crippen molar-refractivity contribution >= 4 is 47.0 Å². The van der Waals surface area contributed by atoms with Crippen molar-refractivity contribution < 1.29 is 4.74 Å². The Morgan fingerprint density at radius 2 is 1.90 bits per heavy atom. The van der Waals surface area contributed by atoms with E-state index in [0.717, 1.165) is 63.9 Å². The molecule has 1 aromatic heterocycles. The minimum absolute atomic E-state index is 0.0595. The summed E-state index contributed by atoms with van der Waals surface area (Å²) < 4.78 is 5.43. The second kappa shape index (κ2) is 10.9. The fourth-order valence-electron chi connectivity index (χ4n) is 4.46. The number of hydrogen-bond donors (Lipinski definition) is 3. The zero-order valence-corrected chi connectivity index (χ0v) is 19.1. The van der Waals surface area contributed by atoms with Gasteiger partial charge in [-0.3, -0.25) is 10.3 Å². The van der Waals surface area contributed by atoms with Crippen molar-refractivity contribution in [3.05, 3.63) is 22.1 Å². The molecule has 31 heavy (non-hydrogen) atoms. The normalized spacial score (nSPS) is 27.4. The van der Waals surface area contributed by atoms with E-state index in [0.29, 0.717) is 46.0 Å². The first-order valence-electron chi connectivity index (χ1n) is 11.2. The van der Waals surface area contributed by atoms with Crippen LogP contribution in [-0.2, 0) is 4.74 Å². The third-order valence-electron chi connectivity index (χ3n) is 6.42. The van der Waals surface area contributed by atoms with E-state index in [-0.39, 0.29) is 6.17 Å². The molecule has 0 bridgehead atoms. The molecule has 1 aliphatic carbocycles. The lowest BCUT2D eigenvalue weighted by Gasteiger charge is -2.31. The molecule has 3 N–H and O–H groups in total. The SMILES string of the molecule is N=CC1CCC(NC2CC(c3nc(NCC4CCOCC4)cnc3Cl)=C(Cl)C=N2)CC1. The predicted molar refractivity (Wildman–Crippen MR) is 126 cm³/mol. The molecule has 1 saturated carbocycles. The van der Waals surface area contributed by atoms with Crippen LogP contribution >= 0.6 is 23.2 Å². The average molecular weight is 465 g/mol. The zero-order chi connectivity index (χ0) is 21.6. The summed E-state index contributed by atoms with van der Waals surface area (Å²) in [6.45, 7) is 2.49. The summed E-state index contributed by atoms with van der Waals surface area (Å²) in [7, 11) is 0. The van der Waals surface area contributed by atoms with Crippen molar-refractivity contribution in [1.29, 1.82) is 5.41 Å². The molecule has 2 fully saturated rings. The van der Waals surface area contributed by atoms with E-state index in [1.807, 2.05) is 0 Å². The second-order valence-electron chi connectivity index (χ2n) is 8.60. The van der Waals surface area contributed by atoms with Crippen LogP contribution in [0.5, 0.6) is 0 Å². The number of aliphatic imine (C=N–C) groups is 1. The minimum atomic E-state index is -0.0595. The van der Waals surface area contributed by atoms with Crippen LogP contribution < -0.4 is 10.6 Å². The summed E-state index contributed by atoms with van der Waals surface area (Å²) in [6, 6.07) is 0.408. The molecule has 1 unspecified atom stereocenters. The molecule has 2 aliphatic heterocycles. The Labute approximate surface area is 193 Å². The molecule has 0 amide bonds. The molecule has 4 rings (SSSR count). The molecule has 0 aromatic carbocycles. The summed E-state index contributed by atoms with van der Waals surface area (Å²) in [5, 5.41) is 15.4. The Morgan fingerprint density at radius 1 is 1.13 bits per heavy atom. The maximum atomic E-state index is 7.46. The molecule has 168 valence electrons. The van der Waals surface area contributed by atoms with Crippen molar-refractivity contribution in [3.8, 4) is 0 Å². The molecule has 1 atom stereocenters. The monoisotopic (exact) mass is 464 g/mol. The van der Waals surface area contributed by atoms with Gasteiger partial charge in [-0.05, 0) is 56.6 Å². The van der Waals surface area contributed by atoms with Gasteiger partial charge in [0.15, 0.2) is 5.15 Å². The predicted octanol–water partition coefficient (Wildman–Crippen LogP) is 4.52. The number of nitrogens with one attached hydrogen (secondary N) is 3. The number of ether oxygens (including phenoxy) is 1. The van der Waals surface area contributed by atoms with Crippen LogP contribution in [0.4, 0.5) is 5.82 Å². The number of anilines is 1. The molecular weight excluding hydrogens is 435 g/mol. The summed E-state index contributed by atoms with van der Waals surface area (Å²) in [5.74, 6) is 1.71. The molecule has 3 aliphatic rings. The first kappa shape index (κ1) is 22.6. The van der Waals surface area contributed by atoms with Crippen LogP contribution in [0.1, 0.15) is 50.6 Å². The molecule has 0 spiro atoms. The fraction of sp³-hybridized carbons (Fsp3) is 0.636. The summed E-state index contributed by atoms with van der Waals surface area (Å²) in [5.41, 5.74) is 1.49. The number of aromatic nitrogens is 2. The van der Waals surface area contributed by atoms with Crippen LogP contribution in [0.2, 0.25) is 5.15 Å². The van der Waals surface area contributed by atoms with Crippen LogP contribution in [-0.4, -0.2) is 54.4 Å².